The minimum atomic E-state index is -0.588. The average molecular weight is 321 g/mol. The molecule has 0 aliphatic carbocycles. The molecule has 2 N–H and O–H groups in total. The first-order chi connectivity index (χ1) is 10.8. The van der Waals surface area contributed by atoms with E-state index in [2.05, 4.69) is 10.6 Å². The monoisotopic (exact) mass is 321 g/mol. The van der Waals surface area contributed by atoms with Crippen LogP contribution < -0.4 is 15.5 Å². The largest absolute Gasteiger partial charge is 0.452 e. The molecule has 0 aromatic heterocycles. The van der Waals surface area contributed by atoms with Crippen LogP contribution in [0, 0.1) is 0 Å². The van der Waals surface area contributed by atoms with Gasteiger partial charge in [-0.1, -0.05) is 6.07 Å². The molecule has 7 heteroatoms. The van der Waals surface area contributed by atoms with E-state index in [0.29, 0.717) is 5.56 Å². The smallest absolute Gasteiger partial charge is 0.338 e. The molecule has 0 aliphatic heterocycles. The molecule has 2 amide bonds. The predicted octanol–water partition coefficient (Wildman–Crippen LogP) is 0.550. The highest BCUT2D eigenvalue weighted by Gasteiger charge is 2.12. The van der Waals surface area contributed by atoms with Crippen LogP contribution in [-0.2, 0) is 14.3 Å². The Morgan fingerprint density at radius 3 is 2.48 bits per heavy atom. The van der Waals surface area contributed by atoms with Crippen LogP contribution in [0.3, 0.4) is 0 Å². The summed E-state index contributed by atoms with van der Waals surface area (Å²) in [6.45, 7) is 3.07. The molecule has 1 aromatic rings. The third-order valence-corrected chi connectivity index (χ3v) is 2.83. The second kappa shape index (κ2) is 8.77. The van der Waals surface area contributed by atoms with E-state index in [1.807, 2.05) is 38.9 Å². The van der Waals surface area contributed by atoms with Crippen LogP contribution in [0.2, 0.25) is 0 Å². The van der Waals surface area contributed by atoms with E-state index < -0.39 is 18.5 Å². The topological polar surface area (TPSA) is 87.7 Å². The molecule has 0 saturated heterocycles. The van der Waals surface area contributed by atoms with E-state index >= 15 is 0 Å². The quantitative estimate of drug-likeness (QED) is 0.716. The zero-order valence-electron chi connectivity index (χ0n) is 13.9. The van der Waals surface area contributed by atoms with Gasteiger partial charge in [0.05, 0.1) is 12.1 Å². The van der Waals surface area contributed by atoms with E-state index in [9.17, 15) is 14.4 Å². The SMILES string of the molecule is CC(C)NC(=O)CNC(=O)COC(=O)c1cccc(N(C)C)c1. The number of carbonyl (C=O) groups excluding carboxylic acids is 3. The zero-order chi connectivity index (χ0) is 17.4. The van der Waals surface area contributed by atoms with Gasteiger partial charge < -0.3 is 20.3 Å². The number of anilines is 1. The van der Waals surface area contributed by atoms with Crippen molar-refractivity contribution < 1.29 is 19.1 Å². The highest BCUT2D eigenvalue weighted by atomic mass is 16.5. The van der Waals surface area contributed by atoms with Gasteiger partial charge in [-0.25, -0.2) is 4.79 Å². The molecular formula is C16H23N3O4. The maximum absolute atomic E-state index is 11.9. The van der Waals surface area contributed by atoms with Crippen LogP contribution in [-0.4, -0.2) is 51.1 Å². The molecule has 0 spiro atoms. The summed E-state index contributed by atoms with van der Waals surface area (Å²) in [7, 11) is 3.72. The fourth-order valence-electron chi connectivity index (χ4n) is 1.73. The lowest BCUT2D eigenvalue weighted by atomic mass is 10.2. The first-order valence-electron chi connectivity index (χ1n) is 7.30. The fourth-order valence-corrected chi connectivity index (χ4v) is 1.73. The molecular weight excluding hydrogens is 298 g/mol. The van der Waals surface area contributed by atoms with E-state index in [4.69, 9.17) is 4.74 Å². The molecule has 0 atom stereocenters. The van der Waals surface area contributed by atoms with Crippen LogP contribution >= 0.6 is 0 Å². The predicted molar refractivity (Wildman–Crippen MR) is 87.3 cm³/mol. The van der Waals surface area contributed by atoms with Gasteiger partial charge in [0.25, 0.3) is 5.91 Å². The van der Waals surface area contributed by atoms with Crippen LogP contribution in [0.1, 0.15) is 24.2 Å². The Morgan fingerprint density at radius 1 is 1.17 bits per heavy atom. The van der Waals surface area contributed by atoms with E-state index in [-0.39, 0.29) is 18.5 Å². The highest BCUT2D eigenvalue weighted by molar-refractivity contribution is 5.92. The van der Waals surface area contributed by atoms with Crippen molar-refractivity contribution in [1.82, 2.24) is 10.6 Å². The van der Waals surface area contributed by atoms with Gasteiger partial charge in [-0.3, -0.25) is 9.59 Å². The van der Waals surface area contributed by atoms with Crippen molar-refractivity contribution in [3.63, 3.8) is 0 Å². The van der Waals surface area contributed by atoms with Gasteiger partial charge >= 0.3 is 5.97 Å². The Hall–Kier alpha value is -2.57. The molecule has 1 rings (SSSR count). The lowest BCUT2D eigenvalue weighted by Crippen LogP contribution is -2.41. The number of nitrogens with one attached hydrogen (secondary N) is 2. The van der Waals surface area contributed by atoms with Gasteiger partial charge in [-0.2, -0.15) is 0 Å². The summed E-state index contributed by atoms with van der Waals surface area (Å²) in [5.41, 5.74) is 1.22. The normalized spacial score (nSPS) is 10.1. The Morgan fingerprint density at radius 2 is 1.87 bits per heavy atom. The number of rotatable bonds is 7. The average Bonchev–Trinajstić information content (AvgIpc) is 2.50. The van der Waals surface area contributed by atoms with Crippen LogP contribution in [0.4, 0.5) is 5.69 Å². The minimum Gasteiger partial charge on any atom is -0.452 e. The Kier molecular flexibility index (Phi) is 7.05. The van der Waals surface area contributed by atoms with Crippen LogP contribution in [0.25, 0.3) is 0 Å². The number of esters is 1. The summed E-state index contributed by atoms with van der Waals surface area (Å²) in [6.07, 6.45) is 0. The third kappa shape index (κ3) is 6.82. The summed E-state index contributed by atoms with van der Waals surface area (Å²) in [4.78, 5) is 36.7. The molecule has 0 radical (unpaired) electrons. The maximum atomic E-state index is 11.9. The first-order valence-corrected chi connectivity index (χ1v) is 7.30. The third-order valence-electron chi connectivity index (χ3n) is 2.83. The van der Waals surface area contributed by atoms with Gasteiger partial charge in [-0.15, -0.1) is 0 Å². The van der Waals surface area contributed by atoms with Crippen molar-refractivity contribution in [3.05, 3.63) is 29.8 Å². The van der Waals surface area contributed by atoms with Gasteiger partial charge in [-0.05, 0) is 32.0 Å². The summed E-state index contributed by atoms with van der Waals surface area (Å²) in [5.74, 6) is -1.41. The van der Waals surface area contributed by atoms with Crippen molar-refractivity contribution in [2.75, 3.05) is 32.1 Å². The molecule has 23 heavy (non-hydrogen) atoms. The van der Waals surface area contributed by atoms with Gasteiger partial charge in [0, 0.05) is 25.8 Å². The zero-order valence-corrected chi connectivity index (χ0v) is 13.9. The number of nitrogens with zero attached hydrogens (tertiary/aromatic N) is 1. The van der Waals surface area contributed by atoms with E-state index in [1.54, 1.807) is 18.2 Å². The van der Waals surface area contributed by atoms with Crippen molar-refractivity contribution in [2.45, 2.75) is 19.9 Å². The van der Waals surface area contributed by atoms with E-state index in [1.165, 1.54) is 0 Å². The maximum Gasteiger partial charge on any atom is 0.338 e. The van der Waals surface area contributed by atoms with Crippen molar-refractivity contribution >= 4 is 23.5 Å². The van der Waals surface area contributed by atoms with Crippen molar-refractivity contribution in [1.29, 1.82) is 0 Å². The molecule has 0 aliphatic rings. The van der Waals surface area contributed by atoms with Gasteiger partial charge in [0.1, 0.15) is 0 Å². The number of amides is 2. The van der Waals surface area contributed by atoms with E-state index in [0.717, 1.165) is 5.69 Å². The second-order valence-electron chi connectivity index (χ2n) is 5.52. The number of benzene rings is 1. The van der Waals surface area contributed by atoms with Crippen LogP contribution in [0.15, 0.2) is 24.3 Å². The molecule has 126 valence electrons. The molecule has 0 fully saturated rings. The van der Waals surface area contributed by atoms with Crippen LogP contribution in [0.5, 0.6) is 0 Å². The molecule has 0 unspecified atom stereocenters. The minimum absolute atomic E-state index is 0.00111. The Bertz CT molecular complexity index is 570. The first kappa shape index (κ1) is 18.5. The summed E-state index contributed by atoms with van der Waals surface area (Å²) in [6, 6.07) is 6.89. The Labute approximate surface area is 136 Å². The standard InChI is InChI=1S/C16H23N3O4/c1-11(2)18-14(20)9-17-15(21)10-23-16(22)12-6-5-7-13(8-12)19(3)4/h5-8,11H,9-10H2,1-4H3,(H,17,21)(H,18,20). The molecule has 1 aromatic carbocycles. The fraction of sp³-hybridized carbons (Fsp3) is 0.438. The van der Waals surface area contributed by atoms with Crippen molar-refractivity contribution in [3.8, 4) is 0 Å². The second-order valence-corrected chi connectivity index (χ2v) is 5.52. The molecule has 0 bridgehead atoms. The molecule has 0 saturated carbocycles. The lowest BCUT2D eigenvalue weighted by molar-refractivity contribution is -0.128. The number of hydrogen-bond donors (Lipinski definition) is 2. The molecule has 0 heterocycles. The molecule has 7 nitrogen and oxygen atoms in total. The van der Waals surface area contributed by atoms with Crippen molar-refractivity contribution in [2.24, 2.45) is 0 Å². The number of hydrogen-bond acceptors (Lipinski definition) is 5. The summed E-state index contributed by atoms with van der Waals surface area (Å²) >= 11 is 0. The number of carbonyl (C=O) groups is 3. The summed E-state index contributed by atoms with van der Waals surface area (Å²) < 4.78 is 4.94. The highest BCUT2D eigenvalue weighted by Crippen LogP contribution is 2.14. The lowest BCUT2D eigenvalue weighted by Gasteiger charge is -2.13. The number of ether oxygens (including phenoxy) is 1. The Balaban J connectivity index is 2.42. The summed E-state index contributed by atoms with van der Waals surface area (Å²) in [5, 5.41) is 5.03. The van der Waals surface area contributed by atoms with Gasteiger partial charge in [0.2, 0.25) is 5.91 Å². The van der Waals surface area contributed by atoms with Gasteiger partial charge in [0.15, 0.2) is 6.61 Å².